The van der Waals surface area contributed by atoms with Crippen molar-refractivity contribution in [3.8, 4) is 0 Å². The van der Waals surface area contributed by atoms with Gasteiger partial charge in [-0.1, -0.05) is 34.8 Å². The average Bonchev–Trinajstić information content (AvgIpc) is 2.67. The van der Waals surface area contributed by atoms with E-state index in [4.69, 9.17) is 34.8 Å². The van der Waals surface area contributed by atoms with E-state index in [1.54, 1.807) is 0 Å². The van der Waals surface area contributed by atoms with Crippen LogP contribution in [0.4, 0.5) is 13.2 Å². The van der Waals surface area contributed by atoms with E-state index in [9.17, 15) is 13.2 Å². The molecule has 0 saturated heterocycles. The lowest BCUT2D eigenvalue weighted by atomic mass is 10.3. The summed E-state index contributed by atoms with van der Waals surface area (Å²) in [5, 5.41) is -0.0661. The zero-order valence-electron chi connectivity index (χ0n) is 7.59. The molecule has 0 bridgehead atoms. The third-order valence-corrected chi connectivity index (χ3v) is 4.45. The molecule has 0 radical (unpaired) electrons. The molecule has 9 heteroatoms. The first kappa shape index (κ1) is 13.3. The molecule has 2 aromatic rings. The van der Waals surface area contributed by atoms with Crippen molar-refractivity contribution in [2.75, 3.05) is 0 Å². The van der Waals surface area contributed by atoms with Gasteiger partial charge < -0.3 is 4.98 Å². The summed E-state index contributed by atoms with van der Waals surface area (Å²) in [5.74, 6) is -1.18. The molecule has 1 aromatic carbocycles. The Morgan fingerprint density at radius 3 is 2.18 bits per heavy atom. The Hall–Kier alpha value is -0.170. The van der Waals surface area contributed by atoms with E-state index in [0.717, 1.165) is 0 Å². The van der Waals surface area contributed by atoms with Crippen molar-refractivity contribution < 1.29 is 13.2 Å². The van der Waals surface area contributed by atoms with Crippen molar-refractivity contribution in [1.29, 1.82) is 0 Å². The highest BCUT2D eigenvalue weighted by atomic mass is 79.9. The van der Waals surface area contributed by atoms with E-state index in [1.165, 1.54) is 0 Å². The number of H-pyrrole nitrogens is 1. The Kier molecular flexibility index (Phi) is 3.27. The van der Waals surface area contributed by atoms with Crippen molar-refractivity contribution >= 4 is 61.8 Å². The predicted octanol–water partition coefficient (Wildman–Crippen LogP) is 5.30. The second-order valence-corrected chi connectivity index (χ2v) is 4.99. The lowest BCUT2D eigenvalue weighted by molar-refractivity contribution is -0.144. The number of alkyl halides is 3. The monoisotopic (exact) mass is 366 g/mol. The number of nitrogens with zero attached hydrogens (tertiary/aromatic N) is 1. The molecule has 2 nitrogen and oxygen atoms in total. The number of imidazole rings is 1. The predicted molar refractivity (Wildman–Crippen MR) is 63.8 cm³/mol. The molecule has 0 aliphatic heterocycles. The van der Waals surface area contributed by atoms with Crippen LogP contribution >= 0.6 is 50.7 Å². The van der Waals surface area contributed by atoms with Crippen molar-refractivity contribution in [3.05, 3.63) is 25.4 Å². The molecule has 2 rings (SSSR count). The number of aromatic nitrogens is 2. The maximum Gasteiger partial charge on any atom is 0.449 e. The third-order valence-electron chi connectivity index (χ3n) is 1.98. The van der Waals surface area contributed by atoms with E-state index in [1.807, 2.05) is 0 Å². The van der Waals surface area contributed by atoms with Crippen LogP contribution in [0.2, 0.25) is 15.1 Å². The normalized spacial score (nSPS) is 12.4. The lowest BCUT2D eigenvalue weighted by Crippen LogP contribution is -2.06. The first-order valence-corrected chi connectivity index (χ1v) is 5.95. The van der Waals surface area contributed by atoms with Crippen LogP contribution in [0.3, 0.4) is 0 Å². The van der Waals surface area contributed by atoms with Gasteiger partial charge >= 0.3 is 6.18 Å². The van der Waals surface area contributed by atoms with Gasteiger partial charge in [0.25, 0.3) is 0 Å². The zero-order valence-corrected chi connectivity index (χ0v) is 11.4. The molecule has 1 aromatic heterocycles. The van der Waals surface area contributed by atoms with Crippen LogP contribution in [0.1, 0.15) is 5.82 Å². The van der Waals surface area contributed by atoms with Gasteiger partial charge in [-0.25, -0.2) is 4.98 Å². The first-order valence-electron chi connectivity index (χ1n) is 4.02. The second kappa shape index (κ2) is 4.19. The highest BCUT2D eigenvalue weighted by molar-refractivity contribution is 9.10. The van der Waals surface area contributed by atoms with Crippen LogP contribution in [0.5, 0.6) is 0 Å². The van der Waals surface area contributed by atoms with Crippen molar-refractivity contribution in [3.63, 3.8) is 0 Å². The van der Waals surface area contributed by atoms with Gasteiger partial charge in [-0.2, -0.15) is 13.2 Å². The fraction of sp³-hybridized carbons (Fsp3) is 0.125. The Morgan fingerprint density at radius 2 is 1.65 bits per heavy atom. The van der Waals surface area contributed by atoms with Crippen LogP contribution in [0, 0.1) is 0 Å². The van der Waals surface area contributed by atoms with E-state index in [0.29, 0.717) is 0 Å². The van der Waals surface area contributed by atoms with E-state index < -0.39 is 12.0 Å². The Balaban J connectivity index is 2.86. The molecule has 0 aliphatic rings. The molecule has 92 valence electrons. The molecular formula is C8HBrCl3F3N2. The van der Waals surface area contributed by atoms with Crippen molar-refractivity contribution in [2.24, 2.45) is 0 Å². The van der Waals surface area contributed by atoms with E-state index >= 15 is 0 Å². The van der Waals surface area contributed by atoms with Crippen LogP contribution in [0.25, 0.3) is 11.0 Å². The van der Waals surface area contributed by atoms with Gasteiger partial charge in [-0.15, -0.1) is 0 Å². The van der Waals surface area contributed by atoms with Crippen molar-refractivity contribution in [1.82, 2.24) is 9.97 Å². The summed E-state index contributed by atoms with van der Waals surface area (Å²) in [6.07, 6.45) is -4.61. The molecule has 1 N–H and O–H groups in total. The molecule has 0 amide bonds. The molecule has 0 unspecified atom stereocenters. The number of benzene rings is 1. The number of hydrogen-bond donors (Lipinski definition) is 1. The molecule has 0 saturated carbocycles. The summed E-state index contributed by atoms with van der Waals surface area (Å²) in [6.45, 7) is 0. The van der Waals surface area contributed by atoms with E-state index in [-0.39, 0.29) is 30.6 Å². The minimum absolute atomic E-state index is 0.0267. The Labute approximate surface area is 116 Å². The molecular weight excluding hydrogens is 367 g/mol. The molecule has 0 fully saturated rings. The lowest BCUT2D eigenvalue weighted by Gasteiger charge is -2.02. The number of aromatic amines is 1. The minimum Gasteiger partial charge on any atom is -0.333 e. The molecule has 0 spiro atoms. The summed E-state index contributed by atoms with van der Waals surface area (Å²) in [5.41, 5.74) is -0.127. The summed E-state index contributed by atoms with van der Waals surface area (Å²) in [4.78, 5) is 5.42. The number of halogens is 7. The van der Waals surface area contributed by atoms with E-state index in [2.05, 4.69) is 25.9 Å². The molecule has 0 atom stereocenters. The Bertz CT molecular complexity index is 563. The zero-order chi connectivity index (χ0) is 13.0. The Morgan fingerprint density at radius 1 is 1.06 bits per heavy atom. The second-order valence-electron chi connectivity index (χ2n) is 3.06. The third kappa shape index (κ3) is 2.12. The number of hydrogen-bond acceptors (Lipinski definition) is 1. The van der Waals surface area contributed by atoms with Crippen LogP contribution in [-0.2, 0) is 6.18 Å². The number of fused-ring (bicyclic) bond motifs is 1. The highest BCUT2D eigenvalue weighted by Crippen LogP contribution is 2.43. The maximum atomic E-state index is 12.5. The van der Waals surface area contributed by atoms with Gasteiger partial charge in [0.1, 0.15) is 5.52 Å². The standard InChI is InChI=1S/C8HBrCl3F3N2/c9-1-2(10)4(12)6-5(3(1)11)16-7(17-6)8(13,14)15/h(H,16,17). The molecule has 0 aliphatic carbocycles. The van der Waals surface area contributed by atoms with Gasteiger partial charge in [0, 0.05) is 0 Å². The highest BCUT2D eigenvalue weighted by Gasteiger charge is 2.35. The topological polar surface area (TPSA) is 28.7 Å². The summed E-state index contributed by atoms with van der Waals surface area (Å²) in [7, 11) is 0. The van der Waals surface area contributed by atoms with Crippen LogP contribution in [0.15, 0.2) is 4.47 Å². The summed E-state index contributed by atoms with van der Waals surface area (Å²) >= 11 is 20.5. The fourth-order valence-corrected chi connectivity index (χ4v) is 2.43. The molecule has 17 heavy (non-hydrogen) atoms. The van der Waals surface area contributed by atoms with Crippen molar-refractivity contribution in [2.45, 2.75) is 6.18 Å². The average molecular weight is 368 g/mol. The summed E-state index contributed by atoms with van der Waals surface area (Å²) < 4.78 is 37.6. The van der Waals surface area contributed by atoms with Crippen LogP contribution in [-0.4, -0.2) is 9.97 Å². The smallest absolute Gasteiger partial charge is 0.333 e. The van der Waals surface area contributed by atoms with Gasteiger partial charge in [-0.05, 0) is 15.9 Å². The van der Waals surface area contributed by atoms with Gasteiger partial charge in [0.15, 0.2) is 0 Å². The van der Waals surface area contributed by atoms with Gasteiger partial charge in [-0.3, -0.25) is 0 Å². The minimum atomic E-state index is -4.61. The fourth-order valence-electron chi connectivity index (χ4n) is 1.23. The summed E-state index contributed by atoms with van der Waals surface area (Å²) in [6, 6.07) is 0. The quantitative estimate of drug-likeness (QED) is 0.496. The van der Waals surface area contributed by atoms with Crippen LogP contribution < -0.4 is 0 Å². The number of rotatable bonds is 0. The number of nitrogens with one attached hydrogen (secondary N) is 1. The SMILES string of the molecule is FC(F)(F)c1nc2c(Cl)c(Br)c(Cl)c(Cl)c2[nH]1. The van der Waals surface area contributed by atoms with Gasteiger partial charge in [0.2, 0.25) is 5.82 Å². The largest absolute Gasteiger partial charge is 0.449 e. The molecule has 1 heterocycles. The first-order chi connectivity index (χ1) is 7.73. The van der Waals surface area contributed by atoms with Gasteiger partial charge in [0.05, 0.1) is 25.1 Å². The maximum absolute atomic E-state index is 12.5.